The fraction of sp³-hybridized carbons (Fsp3) is 0.375. The van der Waals surface area contributed by atoms with Gasteiger partial charge in [-0.25, -0.2) is 0 Å². The molecule has 0 bridgehead atoms. The summed E-state index contributed by atoms with van der Waals surface area (Å²) < 4.78 is 0. The third-order valence-corrected chi connectivity index (χ3v) is 3.19. The van der Waals surface area contributed by atoms with Gasteiger partial charge in [-0.15, -0.1) is 12.6 Å². The van der Waals surface area contributed by atoms with Crippen LogP contribution in [0.15, 0.2) is 40.3 Å². The van der Waals surface area contributed by atoms with Crippen molar-refractivity contribution < 1.29 is 10.2 Å². The lowest BCUT2D eigenvalue weighted by Crippen LogP contribution is -1.87. The molecule has 1 rings (SSSR count). The second kappa shape index (κ2) is 7.29. The number of phenols is 2. The highest BCUT2D eigenvalue weighted by atomic mass is 32.1. The summed E-state index contributed by atoms with van der Waals surface area (Å²) in [6.45, 7) is 6.25. The van der Waals surface area contributed by atoms with E-state index in [0.717, 1.165) is 12.8 Å². The van der Waals surface area contributed by atoms with Crippen molar-refractivity contribution in [3.63, 3.8) is 0 Å². The van der Waals surface area contributed by atoms with Gasteiger partial charge in [0.15, 0.2) is 0 Å². The van der Waals surface area contributed by atoms with Crippen LogP contribution in [0.1, 0.15) is 39.2 Å². The van der Waals surface area contributed by atoms with Crippen LogP contribution in [0.4, 0.5) is 0 Å². The van der Waals surface area contributed by atoms with Crippen LogP contribution in [-0.2, 0) is 6.42 Å². The topological polar surface area (TPSA) is 40.5 Å². The molecule has 1 aromatic rings. The van der Waals surface area contributed by atoms with Crippen LogP contribution in [0.2, 0.25) is 0 Å². The summed E-state index contributed by atoms with van der Waals surface area (Å²) >= 11 is 4.10. The van der Waals surface area contributed by atoms with E-state index in [9.17, 15) is 10.2 Å². The number of allylic oxidation sites excluding steroid dienone is 4. The van der Waals surface area contributed by atoms with Crippen molar-refractivity contribution in [3.05, 3.63) is 41.0 Å². The number of aromatic hydroxyl groups is 2. The molecule has 1 aromatic carbocycles. The van der Waals surface area contributed by atoms with Crippen LogP contribution in [0.25, 0.3) is 0 Å². The largest absolute Gasteiger partial charge is 0.507 e. The maximum Gasteiger partial charge on any atom is 0.123 e. The maximum absolute atomic E-state index is 9.79. The lowest BCUT2D eigenvalue weighted by atomic mass is 10.0. The normalized spacial score (nSPS) is 11.5. The standard InChI is InChI=1S/C16H22O2S/c1-11(2)5-4-6-12(3)7-8-14-15(17)9-13(19)10-16(14)18/h5,7,9-10,17-19H,4,6,8H2,1-3H3/b12-7+. The Bertz CT molecular complexity index is 474. The Morgan fingerprint density at radius 2 is 1.68 bits per heavy atom. The lowest BCUT2D eigenvalue weighted by Gasteiger charge is -2.07. The molecule has 2 N–H and O–H groups in total. The van der Waals surface area contributed by atoms with E-state index in [1.807, 2.05) is 6.08 Å². The monoisotopic (exact) mass is 278 g/mol. The first-order valence-electron chi connectivity index (χ1n) is 6.43. The van der Waals surface area contributed by atoms with Gasteiger partial charge in [0.2, 0.25) is 0 Å². The van der Waals surface area contributed by atoms with Crippen molar-refractivity contribution in [1.82, 2.24) is 0 Å². The third kappa shape index (κ3) is 5.43. The van der Waals surface area contributed by atoms with Gasteiger partial charge in [0.05, 0.1) is 0 Å². The van der Waals surface area contributed by atoms with Gasteiger partial charge >= 0.3 is 0 Å². The first-order valence-corrected chi connectivity index (χ1v) is 6.87. The molecule has 3 heteroatoms. The average Bonchev–Trinajstić information content (AvgIpc) is 2.26. The highest BCUT2D eigenvalue weighted by Crippen LogP contribution is 2.31. The van der Waals surface area contributed by atoms with Crippen molar-refractivity contribution in [2.45, 2.75) is 44.9 Å². The molecule has 0 atom stereocenters. The number of hydrogen-bond acceptors (Lipinski definition) is 3. The molecule has 2 nitrogen and oxygen atoms in total. The van der Waals surface area contributed by atoms with Gasteiger partial charge in [-0.2, -0.15) is 0 Å². The van der Waals surface area contributed by atoms with Gasteiger partial charge in [0.1, 0.15) is 11.5 Å². The fourth-order valence-corrected chi connectivity index (χ4v) is 2.05. The number of rotatable bonds is 5. The predicted octanol–water partition coefficient (Wildman–Crippen LogP) is 4.62. The summed E-state index contributed by atoms with van der Waals surface area (Å²) in [6.07, 6.45) is 6.82. The summed E-state index contributed by atoms with van der Waals surface area (Å²) in [7, 11) is 0. The smallest absolute Gasteiger partial charge is 0.123 e. The van der Waals surface area contributed by atoms with Crippen molar-refractivity contribution >= 4 is 12.6 Å². The number of benzene rings is 1. The predicted molar refractivity (Wildman–Crippen MR) is 83.1 cm³/mol. The quantitative estimate of drug-likeness (QED) is 0.543. The number of thiol groups is 1. The minimum absolute atomic E-state index is 0.0957. The van der Waals surface area contributed by atoms with Crippen molar-refractivity contribution in [1.29, 1.82) is 0 Å². The van der Waals surface area contributed by atoms with E-state index in [1.54, 1.807) is 12.1 Å². The Balaban J connectivity index is 2.68. The Kier molecular flexibility index (Phi) is 6.03. The summed E-state index contributed by atoms with van der Waals surface area (Å²) in [5.74, 6) is 0.191. The van der Waals surface area contributed by atoms with E-state index < -0.39 is 0 Å². The summed E-state index contributed by atoms with van der Waals surface area (Å²) in [4.78, 5) is 0.558. The summed E-state index contributed by atoms with van der Waals surface area (Å²) in [6, 6.07) is 3.09. The van der Waals surface area contributed by atoms with Gasteiger partial charge in [-0.05, 0) is 52.2 Å². The molecular formula is C16H22O2S. The minimum atomic E-state index is 0.0957. The maximum atomic E-state index is 9.79. The zero-order valence-corrected chi connectivity index (χ0v) is 12.7. The molecule has 0 amide bonds. The fourth-order valence-electron chi connectivity index (χ4n) is 1.80. The van der Waals surface area contributed by atoms with Crippen molar-refractivity contribution in [3.8, 4) is 11.5 Å². The van der Waals surface area contributed by atoms with Crippen LogP contribution in [0, 0.1) is 0 Å². The van der Waals surface area contributed by atoms with Crippen LogP contribution in [0.5, 0.6) is 11.5 Å². The van der Waals surface area contributed by atoms with E-state index >= 15 is 0 Å². The molecule has 19 heavy (non-hydrogen) atoms. The van der Waals surface area contributed by atoms with Gasteiger partial charge in [-0.3, -0.25) is 0 Å². The van der Waals surface area contributed by atoms with Crippen LogP contribution >= 0.6 is 12.6 Å². The van der Waals surface area contributed by atoms with E-state index in [1.165, 1.54) is 11.1 Å². The number of phenolic OH excluding ortho intramolecular Hbond substituents is 2. The van der Waals surface area contributed by atoms with Crippen molar-refractivity contribution in [2.24, 2.45) is 0 Å². The van der Waals surface area contributed by atoms with Gasteiger partial charge in [0, 0.05) is 10.5 Å². The van der Waals surface area contributed by atoms with Crippen molar-refractivity contribution in [2.75, 3.05) is 0 Å². The highest BCUT2D eigenvalue weighted by molar-refractivity contribution is 7.80. The van der Waals surface area contributed by atoms with E-state index in [0.29, 0.717) is 16.9 Å². The zero-order valence-electron chi connectivity index (χ0n) is 11.8. The third-order valence-electron chi connectivity index (χ3n) is 2.93. The molecule has 0 saturated carbocycles. The van der Waals surface area contributed by atoms with Crippen LogP contribution in [-0.4, -0.2) is 10.2 Å². The number of hydrogen-bond donors (Lipinski definition) is 3. The molecule has 0 saturated heterocycles. The summed E-state index contributed by atoms with van der Waals surface area (Å²) in [5, 5.41) is 19.6. The van der Waals surface area contributed by atoms with E-state index in [4.69, 9.17) is 0 Å². The van der Waals surface area contributed by atoms with E-state index in [2.05, 4.69) is 39.5 Å². The second-order valence-corrected chi connectivity index (χ2v) is 5.55. The first kappa shape index (κ1) is 15.7. The molecular weight excluding hydrogens is 256 g/mol. The molecule has 0 aliphatic carbocycles. The molecule has 0 aliphatic rings. The molecule has 104 valence electrons. The molecule has 0 aliphatic heterocycles. The Morgan fingerprint density at radius 1 is 1.11 bits per heavy atom. The highest BCUT2D eigenvalue weighted by Gasteiger charge is 2.07. The Labute approximate surface area is 120 Å². The first-order chi connectivity index (χ1) is 8.90. The SMILES string of the molecule is CC(C)=CCC/C(C)=C/Cc1c(O)cc(S)cc1O. The molecule has 0 radical (unpaired) electrons. The van der Waals surface area contributed by atoms with Crippen LogP contribution in [0.3, 0.4) is 0 Å². The van der Waals surface area contributed by atoms with Gasteiger partial charge in [-0.1, -0.05) is 23.3 Å². The molecule has 0 fully saturated rings. The molecule has 0 aromatic heterocycles. The van der Waals surface area contributed by atoms with Gasteiger partial charge in [0.25, 0.3) is 0 Å². The lowest BCUT2D eigenvalue weighted by molar-refractivity contribution is 0.438. The Hall–Kier alpha value is -1.35. The average molecular weight is 278 g/mol. The van der Waals surface area contributed by atoms with E-state index in [-0.39, 0.29) is 11.5 Å². The Morgan fingerprint density at radius 3 is 2.21 bits per heavy atom. The second-order valence-electron chi connectivity index (χ2n) is 5.04. The summed E-state index contributed by atoms with van der Waals surface area (Å²) in [5.41, 5.74) is 3.14. The molecule has 0 heterocycles. The van der Waals surface area contributed by atoms with Crippen LogP contribution < -0.4 is 0 Å². The molecule has 0 unspecified atom stereocenters. The minimum Gasteiger partial charge on any atom is -0.507 e. The molecule has 0 spiro atoms. The van der Waals surface area contributed by atoms with Gasteiger partial charge < -0.3 is 10.2 Å². The zero-order chi connectivity index (χ0) is 14.4.